The van der Waals surface area contributed by atoms with Crippen molar-refractivity contribution in [3.05, 3.63) is 93.8 Å². The van der Waals surface area contributed by atoms with Gasteiger partial charge in [-0.05, 0) is 55.3 Å². The van der Waals surface area contributed by atoms with Crippen LogP contribution in [0.4, 0.5) is 9.52 Å². The molecule has 0 bridgehead atoms. The zero-order chi connectivity index (χ0) is 27.1. The Morgan fingerprint density at radius 1 is 1.29 bits per heavy atom. The zero-order valence-corrected chi connectivity index (χ0v) is 21.4. The van der Waals surface area contributed by atoms with Crippen molar-refractivity contribution in [1.29, 1.82) is 0 Å². The van der Waals surface area contributed by atoms with Crippen LogP contribution in [-0.2, 0) is 20.7 Å². The van der Waals surface area contributed by atoms with E-state index in [-0.39, 0.29) is 34.1 Å². The number of fused-ring (bicyclic) bond motifs is 1. The molecule has 2 aromatic carbocycles. The van der Waals surface area contributed by atoms with Gasteiger partial charge in [-0.15, -0.1) is 0 Å². The summed E-state index contributed by atoms with van der Waals surface area (Å²) in [6.07, 6.45) is 2.04. The third-order valence-corrected chi connectivity index (χ3v) is 7.45. The molecule has 2 aliphatic rings. The van der Waals surface area contributed by atoms with Crippen LogP contribution in [0.15, 0.2) is 60.7 Å². The highest BCUT2D eigenvalue weighted by Gasteiger charge is 2.48. The number of carbonyl (C=O) groups excluding carboxylic acids is 3. The number of rotatable bonds is 6. The Kier molecular flexibility index (Phi) is 6.58. The van der Waals surface area contributed by atoms with Gasteiger partial charge in [0.2, 0.25) is 0 Å². The van der Waals surface area contributed by atoms with Gasteiger partial charge in [0.15, 0.2) is 5.13 Å². The summed E-state index contributed by atoms with van der Waals surface area (Å²) < 4.78 is 24.6. The minimum atomic E-state index is -1.11. The number of halogens is 1. The lowest BCUT2D eigenvalue weighted by Gasteiger charge is -2.23. The number of ketones is 1. The number of aliphatic hydroxyl groups excluding tert-OH is 1. The summed E-state index contributed by atoms with van der Waals surface area (Å²) in [4.78, 5) is 44.9. The number of aromatic nitrogens is 1. The van der Waals surface area contributed by atoms with Gasteiger partial charge >= 0.3 is 11.9 Å². The van der Waals surface area contributed by atoms with Gasteiger partial charge in [-0.3, -0.25) is 14.5 Å². The zero-order valence-electron chi connectivity index (χ0n) is 20.6. The minimum absolute atomic E-state index is 0.00377. The minimum Gasteiger partial charge on any atom is -0.507 e. The van der Waals surface area contributed by atoms with Crippen LogP contribution >= 0.6 is 11.3 Å². The van der Waals surface area contributed by atoms with Crippen molar-refractivity contribution in [3.8, 4) is 5.75 Å². The van der Waals surface area contributed by atoms with Crippen molar-refractivity contribution in [3.63, 3.8) is 0 Å². The van der Waals surface area contributed by atoms with E-state index in [0.717, 1.165) is 21.8 Å². The van der Waals surface area contributed by atoms with Crippen molar-refractivity contribution in [2.75, 3.05) is 11.5 Å². The van der Waals surface area contributed by atoms with Crippen molar-refractivity contribution in [2.45, 2.75) is 32.4 Å². The lowest BCUT2D eigenvalue weighted by molar-refractivity contribution is -0.132. The molecule has 1 amide bonds. The number of anilines is 1. The molecule has 1 saturated heterocycles. The molecule has 5 rings (SSSR count). The number of aliphatic hydroxyl groups is 1. The number of ether oxygens (including phenoxy) is 2. The molecule has 2 aliphatic heterocycles. The smallest absolute Gasteiger partial charge is 0.350 e. The third-order valence-electron chi connectivity index (χ3n) is 6.31. The number of nitrogens with zero attached hydrogens (tertiary/aromatic N) is 2. The van der Waals surface area contributed by atoms with E-state index in [1.807, 2.05) is 6.92 Å². The summed E-state index contributed by atoms with van der Waals surface area (Å²) in [6.45, 7) is 7.02. The molecule has 3 aromatic rings. The van der Waals surface area contributed by atoms with Crippen molar-refractivity contribution < 1.29 is 33.4 Å². The summed E-state index contributed by atoms with van der Waals surface area (Å²) in [5.74, 6) is -2.68. The fraction of sp³-hybridized carbons (Fsp3) is 0.214. The van der Waals surface area contributed by atoms with E-state index < -0.39 is 29.5 Å². The highest BCUT2D eigenvalue weighted by Crippen LogP contribution is 2.44. The van der Waals surface area contributed by atoms with Gasteiger partial charge in [-0.25, -0.2) is 14.2 Å². The molecule has 1 N–H and O–H groups in total. The molecule has 2 atom stereocenters. The first-order chi connectivity index (χ1) is 18.2. The van der Waals surface area contributed by atoms with Gasteiger partial charge < -0.3 is 14.6 Å². The molecule has 194 valence electrons. The Labute approximate surface area is 221 Å². The number of thiazole rings is 1. The molecule has 10 heteroatoms. The van der Waals surface area contributed by atoms with E-state index in [0.29, 0.717) is 29.0 Å². The van der Waals surface area contributed by atoms with E-state index in [1.54, 1.807) is 25.1 Å². The van der Waals surface area contributed by atoms with E-state index in [2.05, 4.69) is 11.6 Å². The third kappa shape index (κ3) is 4.37. The lowest BCUT2D eigenvalue weighted by atomic mass is 9.94. The molecular formula is C28H23FN2O6S. The average Bonchev–Trinajstić information content (AvgIpc) is 3.54. The molecule has 0 unspecified atom stereocenters. The van der Waals surface area contributed by atoms with Crippen molar-refractivity contribution in [2.24, 2.45) is 0 Å². The Morgan fingerprint density at radius 2 is 2.03 bits per heavy atom. The molecule has 1 fully saturated rings. The summed E-state index contributed by atoms with van der Waals surface area (Å²) in [6, 6.07) is 9.22. The van der Waals surface area contributed by atoms with E-state index >= 15 is 0 Å². The van der Waals surface area contributed by atoms with E-state index in [1.165, 1.54) is 30.3 Å². The number of hydrogen-bond acceptors (Lipinski definition) is 8. The molecule has 0 saturated carbocycles. The Bertz CT molecular complexity index is 1510. The monoisotopic (exact) mass is 534 g/mol. The Morgan fingerprint density at radius 3 is 2.74 bits per heavy atom. The number of amides is 1. The van der Waals surface area contributed by atoms with Crippen LogP contribution in [0.3, 0.4) is 0 Å². The molecule has 0 aliphatic carbocycles. The summed E-state index contributed by atoms with van der Waals surface area (Å²) in [5.41, 5.74) is 1.74. The molecule has 38 heavy (non-hydrogen) atoms. The number of hydrogen-bond donors (Lipinski definition) is 1. The molecule has 0 radical (unpaired) electrons. The second-order valence-electron chi connectivity index (χ2n) is 8.97. The van der Waals surface area contributed by atoms with Gasteiger partial charge in [0.1, 0.15) is 34.9 Å². The number of Topliss-reactive ketones (excluding diaryl/α,β-unsaturated/α-hetero) is 1. The molecule has 3 heterocycles. The number of esters is 1. The second-order valence-corrected chi connectivity index (χ2v) is 9.95. The number of aryl methyl sites for hydroxylation is 1. The maximum Gasteiger partial charge on any atom is 0.350 e. The van der Waals surface area contributed by atoms with Crippen molar-refractivity contribution in [1.82, 2.24) is 4.98 Å². The van der Waals surface area contributed by atoms with E-state index in [4.69, 9.17) is 9.47 Å². The van der Waals surface area contributed by atoms with Crippen LogP contribution in [0.5, 0.6) is 5.75 Å². The predicted octanol–water partition coefficient (Wildman–Crippen LogP) is 4.88. The Balaban J connectivity index is 1.64. The topological polar surface area (TPSA) is 106 Å². The molecular weight excluding hydrogens is 511 g/mol. The second kappa shape index (κ2) is 9.86. The van der Waals surface area contributed by atoms with Gasteiger partial charge in [-0.2, -0.15) is 0 Å². The van der Waals surface area contributed by atoms with Crippen LogP contribution < -0.4 is 9.64 Å². The average molecular weight is 535 g/mol. The van der Waals surface area contributed by atoms with Crippen LogP contribution in [0.25, 0.3) is 5.76 Å². The largest absolute Gasteiger partial charge is 0.507 e. The number of carbonyl (C=O) groups is 3. The van der Waals surface area contributed by atoms with Gasteiger partial charge in [0.05, 0.1) is 17.3 Å². The maximum atomic E-state index is 13.8. The fourth-order valence-corrected chi connectivity index (χ4v) is 5.58. The first-order valence-electron chi connectivity index (χ1n) is 11.8. The van der Waals surface area contributed by atoms with Crippen LogP contribution in [0, 0.1) is 12.7 Å². The maximum absolute atomic E-state index is 13.8. The van der Waals surface area contributed by atoms with Gasteiger partial charge in [0, 0.05) is 12.0 Å². The highest BCUT2D eigenvalue weighted by molar-refractivity contribution is 7.17. The highest BCUT2D eigenvalue weighted by atomic mass is 32.1. The van der Waals surface area contributed by atoms with E-state index in [9.17, 15) is 23.9 Å². The normalized spacial score (nSPS) is 19.8. The summed E-state index contributed by atoms with van der Waals surface area (Å²) in [7, 11) is 0. The summed E-state index contributed by atoms with van der Waals surface area (Å²) in [5, 5.41) is 11.4. The number of benzene rings is 2. The predicted molar refractivity (Wildman–Crippen MR) is 139 cm³/mol. The van der Waals surface area contributed by atoms with Crippen LogP contribution in [-0.4, -0.2) is 40.5 Å². The standard InChI is InChI=1S/C28H23FN2O6S/c1-4-11-36-27(35)25-15(3)30-28(38-25)31-22(16-5-8-19(29)9-6-16)21(24(33)26(31)34)23(32)17-7-10-20-18(13-17)12-14(2)37-20/h4-10,13-14,22,32H,1,11-12H2,2-3H3/t14-,22+/m1/s1. The van der Waals surface area contributed by atoms with Crippen LogP contribution in [0.2, 0.25) is 0 Å². The SMILES string of the molecule is C=CCOC(=O)c1sc(N2C(=O)C(=O)C(=C(O)c3ccc4c(c3)C[C@@H](C)O4)[C@@H]2c2ccc(F)cc2)nc1C. The quantitative estimate of drug-likeness (QED) is 0.158. The molecule has 1 aromatic heterocycles. The van der Waals surface area contributed by atoms with Crippen LogP contribution in [0.1, 0.15) is 45.0 Å². The lowest BCUT2D eigenvalue weighted by Crippen LogP contribution is -2.29. The first kappa shape index (κ1) is 25.3. The van der Waals surface area contributed by atoms with Gasteiger partial charge in [0.25, 0.3) is 5.78 Å². The van der Waals surface area contributed by atoms with Gasteiger partial charge in [-0.1, -0.05) is 36.1 Å². The first-order valence-corrected chi connectivity index (χ1v) is 12.6. The Hall–Kier alpha value is -4.31. The fourth-order valence-electron chi connectivity index (χ4n) is 4.59. The molecule has 0 spiro atoms. The summed E-state index contributed by atoms with van der Waals surface area (Å²) >= 11 is 0.887. The molecule has 8 nitrogen and oxygen atoms in total. The van der Waals surface area contributed by atoms with Crippen molar-refractivity contribution >= 4 is 39.9 Å².